The Morgan fingerprint density at radius 1 is 1.15 bits per heavy atom. The molecular weight excluding hydrogens is 246 g/mol. The zero-order chi connectivity index (χ0) is 13.8. The fourth-order valence-corrected chi connectivity index (χ4v) is 3.71. The van der Waals surface area contributed by atoms with E-state index < -0.39 is 0 Å². The van der Waals surface area contributed by atoms with E-state index in [4.69, 9.17) is 4.74 Å². The van der Waals surface area contributed by atoms with Crippen LogP contribution >= 0.6 is 0 Å². The smallest absolute Gasteiger partial charge is 0.122 e. The van der Waals surface area contributed by atoms with Gasteiger partial charge in [0.25, 0.3) is 0 Å². The molecular formula is C18H27NO. The lowest BCUT2D eigenvalue weighted by Crippen LogP contribution is -2.36. The fraction of sp³-hybridized carbons (Fsp3) is 0.667. The van der Waals surface area contributed by atoms with E-state index in [0.717, 1.165) is 30.1 Å². The highest BCUT2D eigenvalue weighted by Gasteiger charge is 2.34. The number of benzene rings is 1. The summed E-state index contributed by atoms with van der Waals surface area (Å²) in [5, 5.41) is 3.60. The van der Waals surface area contributed by atoms with Gasteiger partial charge in [-0.15, -0.1) is 0 Å². The van der Waals surface area contributed by atoms with Crippen LogP contribution < -0.4 is 10.1 Å². The second-order valence-electron chi connectivity index (χ2n) is 6.41. The number of fused-ring (bicyclic) bond motifs is 1. The molecule has 0 radical (unpaired) electrons. The van der Waals surface area contributed by atoms with E-state index in [1.54, 1.807) is 0 Å². The first-order valence-electron chi connectivity index (χ1n) is 8.31. The average Bonchev–Trinajstić information content (AvgIpc) is 2.48. The summed E-state index contributed by atoms with van der Waals surface area (Å²) >= 11 is 0. The maximum atomic E-state index is 5.78. The van der Waals surface area contributed by atoms with Gasteiger partial charge in [-0.2, -0.15) is 0 Å². The van der Waals surface area contributed by atoms with Gasteiger partial charge in [0, 0.05) is 0 Å². The Bertz CT molecular complexity index is 431. The van der Waals surface area contributed by atoms with Crippen molar-refractivity contribution in [1.29, 1.82) is 0 Å². The number of hydrogen-bond acceptors (Lipinski definition) is 2. The van der Waals surface area contributed by atoms with Crippen LogP contribution in [0.2, 0.25) is 0 Å². The van der Waals surface area contributed by atoms with Crippen molar-refractivity contribution >= 4 is 0 Å². The van der Waals surface area contributed by atoms with Gasteiger partial charge in [-0.3, -0.25) is 0 Å². The number of hydrogen-bond donors (Lipinski definition) is 1. The molecule has 1 heterocycles. The minimum absolute atomic E-state index is 0.721. The Kier molecular flexibility index (Phi) is 4.62. The lowest BCUT2D eigenvalue weighted by molar-refractivity contribution is 0.139. The van der Waals surface area contributed by atoms with Crippen molar-refractivity contribution in [3.63, 3.8) is 0 Å². The molecule has 0 saturated heterocycles. The van der Waals surface area contributed by atoms with E-state index in [1.165, 1.54) is 50.8 Å². The normalized spacial score (nSPS) is 28.4. The summed E-state index contributed by atoms with van der Waals surface area (Å²) in [5.41, 5.74) is 1.45. The lowest BCUT2D eigenvalue weighted by atomic mass is 9.68. The summed E-state index contributed by atoms with van der Waals surface area (Å²) in [7, 11) is 0. The molecule has 20 heavy (non-hydrogen) atoms. The molecule has 1 fully saturated rings. The van der Waals surface area contributed by atoms with Crippen LogP contribution in [0.1, 0.15) is 50.5 Å². The molecule has 2 heteroatoms. The highest BCUT2D eigenvalue weighted by Crippen LogP contribution is 2.44. The first-order valence-corrected chi connectivity index (χ1v) is 8.31. The van der Waals surface area contributed by atoms with Gasteiger partial charge in [0.1, 0.15) is 5.75 Å². The summed E-state index contributed by atoms with van der Waals surface area (Å²) < 4.78 is 5.78. The van der Waals surface area contributed by atoms with Crippen LogP contribution in [0.25, 0.3) is 0 Å². The number of nitrogens with one attached hydrogen (secondary N) is 1. The number of ether oxygens (including phenoxy) is 1. The monoisotopic (exact) mass is 273 g/mol. The largest absolute Gasteiger partial charge is 0.493 e. The summed E-state index contributed by atoms with van der Waals surface area (Å²) in [6.07, 6.45) is 6.65. The zero-order valence-electron chi connectivity index (χ0n) is 12.6. The van der Waals surface area contributed by atoms with Gasteiger partial charge >= 0.3 is 0 Å². The molecule has 0 spiro atoms. The molecule has 1 aromatic rings. The standard InChI is InChI=1S/C18H27NO/c1-2-10-19-13-16-8-7-14(16)12-15-9-11-20-18-6-4-3-5-17(15)18/h3-6,14-16,19H,2,7-13H2,1H3. The molecule has 2 aliphatic rings. The van der Waals surface area contributed by atoms with Crippen LogP contribution in [0.3, 0.4) is 0 Å². The van der Waals surface area contributed by atoms with Crippen molar-refractivity contribution in [1.82, 2.24) is 5.32 Å². The predicted octanol–water partition coefficient (Wildman–Crippen LogP) is 3.97. The van der Waals surface area contributed by atoms with Crippen molar-refractivity contribution in [2.45, 2.75) is 44.9 Å². The van der Waals surface area contributed by atoms with E-state index in [0.29, 0.717) is 0 Å². The summed E-state index contributed by atoms with van der Waals surface area (Å²) in [6, 6.07) is 8.63. The highest BCUT2D eigenvalue weighted by atomic mass is 16.5. The molecule has 110 valence electrons. The fourth-order valence-electron chi connectivity index (χ4n) is 3.71. The molecule has 2 nitrogen and oxygen atoms in total. The number of para-hydroxylation sites is 1. The number of rotatable bonds is 6. The first-order chi connectivity index (χ1) is 9.88. The van der Waals surface area contributed by atoms with Crippen LogP contribution in [-0.4, -0.2) is 19.7 Å². The molecule has 1 saturated carbocycles. The van der Waals surface area contributed by atoms with E-state index in [-0.39, 0.29) is 0 Å². The third kappa shape index (κ3) is 3.01. The van der Waals surface area contributed by atoms with E-state index in [2.05, 4.69) is 36.5 Å². The third-order valence-corrected chi connectivity index (χ3v) is 5.08. The van der Waals surface area contributed by atoms with Crippen LogP contribution in [0, 0.1) is 11.8 Å². The van der Waals surface area contributed by atoms with Crippen LogP contribution in [0.15, 0.2) is 24.3 Å². The lowest BCUT2D eigenvalue weighted by Gasteiger charge is -2.40. The van der Waals surface area contributed by atoms with E-state index in [1.807, 2.05) is 0 Å². The summed E-state index contributed by atoms with van der Waals surface area (Å²) in [5.74, 6) is 3.69. The topological polar surface area (TPSA) is 21.3 Å². The minimum Gasteiger partial charge on any atom is -0.493 e. The van der Waals surface area contributed by atoms with Crippen LogP contribution in [0.5, 0.6) is 5.75 Å². The van der Waals surface area contributed by atoms with Gasteiger partial charge in [-0.05, 0) is 74.6 Å². The Labute approximate surface area is 122 Å². The Morgan fingerprint density at radius 3 is 2.80 bits per heavy atom. The molecule has 0 bridgehead atoms. The van der Waals surface area contributed by atoms with Crippen molar-refractivity contribution < 1.29 is 4.74 Å². The Morgan fingerprint density at radius 2 is 2.00 bits per heavy atom. The second kappa shape index (κ2) is 6.62. The van der Waals surface area contributed by atoms with Gasteiger partial charge in [0.15, 0.2) is 0 Å². The summed E-state index contributed by atoms with van der Waals surface area (Å²) in [6.45, 7) is 5.53. The molecule has 0 aromatic heterocycles. The van der Waals surface area contributed by atoms with Crippen molar-refractivity contribution in [3.05, 3.63) is 29.8 Å². The van der Waals surface area contributed by atoms with Crippen molar-refractivity contribution in [2.75, 3.05) is 19.7 Å². The highest BCUT2D eigenvalue weighted by molar-refractivity contribution is 5.37. The van der Waals surface area contributed by atoms with Gasteiger partial charge in [-0.25, -0.2) is 0 Å². The molecule has 3 unspecified atom stereocenters. The van der Waals surface area contributed by atoms with Gasteiger partial charge in [-0.1, -0.05) is 25.1 Å². The van der Waals surface area contributed by atoms with Crippen LogP contribution in [0.4, 0.5) is 0 Å². The second-order valence-corrected chi connectivity index (χ2v) is 6.41. The molecule has 3 atom stereocenters. The molecule has 0 amide bonds. The SMILES string of the molecule is CCCNCC1CCC1CC1CCOc2ccccc21. The predicted molar refractivity (Wildman–Crippen MR) is 83.3 cm³/mol. The quantitative estimate of drug-likeness (QED) is 0.792. The third-order valence-electron chi connectivity index (χ3n) is 5.08. The minimum atomic E-state index is 0.721. The maximum absolute atomic E-state index is 5.78. The van der Waals surface area contributed by atoms with Crippen molar-refractivity contribution in [2.24, 2.45) is 11.8 Å². The molecule has 3 rings (SSSR count). The van der Waals surface area contributed by atoms with E-state index >= 15 is 0 Å². The zero-order valence-corrected chi connectivity index (χ0v) is 12.6. The maximum Gasteiger partial charge on any atom is 0.122 e. The molecule has 1 N–H and O–H groups in total. The Hall–Kier alpha value is -1.02. The summed E-state index contributed by atoms with van der Waals surface area (Å²) in [4.78, 5) is 0. The van der Waals surface area contributed by atoms with Gasteiger partial charge in [0.05, 0.1) is 6.61 Å². The Balaban J connectivity index is 1.56. The van der Waals surface area contributed by atoms with Gasteiger partial charge in [0.2, 0.25) is 0 Å². The van der Waals surface area contributed by atoms with Crippen molar-refractivity contribution in [3.8, 4) is 5.75 Å². The van der Waals surface area contributed by atoms with E-state index in [9.17, 15) is 0 Å². The average molecular weight is 273 g/mol. The van der Waals surface area contributed by atoms with Gasteiger partial charge < -0.3 is 10.1 Å². The first kappa shape index (κ1) is 13.9. The molecule has 1 aliphatic heterocycles. The molecule has 1 aliphatic carbocycles. The van der Waals surface area contributed by atoms with Crippen LogP contribution in [-0.2, 0) is 0 Å². The molecule has 1 aromatic carbocycles.